The predicted molar refractivity (Wildman–Crippen MR) is 135 cm³/mol. The summed E-state index contributed by atoms with van der Waals surface area (Å²) in [6.07, 6.45) is 0. The fourth-order valence-electron chi connectivity index (χ4n) is 4.38. The van der Waals surface area contributed by atoms with Crippen LogP contribution in [0.15, 0.2) is 97.1 Å². The topological polar surface area (TPSA) is 43.6 Å². The molecule has 2 aromatic heterocycles. The highest BCUT2D eigenvalue weighted by Crippen LogP contribution is 2.35. The molecular weight excluding hydrogens is 428 g/mol. The molecule has 33 heavy (non-hydrogen) atoms. The van der Waals surface area contributed by atoms with Crippen molar-refractivity contribution in [2.75, 3.05) is 0 Å². The summed E-state index contributed by atoms with van der Waals surface area (Å²) in [5, 5.41) is 2.57. The van der Waals surface area contributed by atoms with E-state index in [0.717, 1.165) is 27.8 Å². The van der Waals surface area contributed by atoms with Crippen molar-refractivity contribution in [2.45, 2.75) is 6.92 Å². The number of rotatable bonds is 3. The highest BCUT2D eigenvalue weighted by atomic mass is 35.5. The first kappa shape index (κ1) is 19.6. The molecule has 0 saturated carbocycles. The van der Waals surface area contributed by atoms with Gasteiger partial charge in [0.2, 0.25) is 5.28 Å². The highest BCUT2D eigenvalue weighted by Gasteiger charge is 2.16. The molecule has 158 valence electrons. The number of aromatic nitrogens is 4. The van der Waals surface area contributed by atoms with E-state index in [1.807, 2.05) is 30.3 Å². The molecule has 0 saturated heterocycles. The molecule has 0 N–H and O–H groups in total. The van der Waals surface area contributed by atoms with E-state index in [1.54, 1.807) is 0 Å². The van der Waals surface area contributed by atoms with Crippen LogP contribution in [0.1, 0.15) is 5.56 Å². The Balaban J connectivity index is 1.61. The van der Waals surface area contributed by atoms with Crippen LogP contribution >= 0.6 is 11.6 Å². The van der Waals surface area contributed by atoms with E-state index in [1.165, 1.54) is 16.3 Å². The van der Waals surface area contributed by atoms with Crippen LogP contribution in [0.2, 0.25) is 5.28 Å². The van der Waals surface area contributed by atoms with Crippen LogP contribution in [0.25, 0.3) is 50.3 Å². The molecule has 0 spiro atoms. The van der Waals surface area contributed by atoms with Crippen molar-refractivity contribution < 1.29 is 0 Å². The van der Waals surface area contributed by atoms with Crippen molar-refractivity contribution >= 4 is 33.4 Å². The molecular formula is C28H19ClN4. The molecule has 0 atom stereocenters. The van der Waals surface area contributed by atoms with Gasteiger partial charge in [-0.2, -0.15) is 9.97 Å². The van der Waals surface area contributed by atoms with Gasteiger partial charge in [-0.05, 0) is 42.3 Å². The number of hydrogen-bond donors (Lipinski definition) is 0. The molecule has 4 nitrogen and oxygen atoms in total. The lowest BCUT2D eigenvalue weighted by Crippen LogP contribution is -1.98. The quantitative estimate of drug-likeness (QED) is 0.287. The van der Waals surface area contributed by atoms with E-state index in [0.29, 0.717) is 11.6 Å². The third kappa shape index (κ3) is 3.36. The second-order valence-electron chi connectivity index (χ2n) is 7.99. The maximum Gasteiger partial charge on any atom is 0.226 e. The molecule has 0 aliphatic carbocycles. The normalized spacial score (nSPS) is 11.3. The molecule has 0 aliphatic rings. The minimum atomic E-state index is 0.179. The Kier molecular flexibility index (Phi) is 4.67. The molecule has 0 fully saturated rings. The minimum absolute atomic E-state index is 0.179. The summed E-state index contributed by atoms with van der Waals surface area (Å²) in [5.74, 6) is 1.11. The average molecular weight is 447 g/mol. The highest BCUT2D eigenvalue weighted by molar-refractivity contribution is 6.28. The fourth-order valence-corrected chi connectivity index (χ4v) is 4.54. The molecule has 6 aromatic rings. The standard InChI is InChI=1S/C28H19ClN4/c1-18-9-5-7-13-23(18)33-24-14-8-6-12-21(24)22-16-15-20(17-25(22)33)27-30-26(31-28(29)32-27)19-10-3-2-4-11-19/h2-17H,1H3. The van der Waals surface area contributed by atoms with Crippen molar-refractivity contribution in [3.8, 4) is 28.5 Å². The Hall–Kier alpha value is -4.02. The molecule has 6 rings (SSSR count). The summed E-state index contributed by atoms with van der Waals surface area (Å²) >= 11 is 6.31. The summed E-state index contributed by atoms with van der Waals surface area (Å²) < 4.78 is 2.31. The van der Waals surface area contributed by atoms with Gasteiger partial charge in [0.1, 0.15) is 0 Å². The maximum absolute atomic E-state index is 6.31. The van der Waals surface area contributed by atoms with Gasteiger partial charge in [0.15, 0.2) is 11.6 Å². The van der Waals surface area contributed by atoms with Crippen LogP contribution in [-0.2, 0) is 0 Å². The van der Waals surface area contributed by atoms with Crippen LogP contribution in [0, 0.1) is 6.92 Å². The smallest absolute Gasteiger partial charge is 0.226 e. The molecule has 5 heteroatoms. The lowest BCUT2D eigenvalue weighted by atomic mass is 10.1. The number of aryl methyl sites for hydroxylation is 1. The van der Waals surface area contributed by atoms with Crippen LogP contribution in [0.4, 0.5) is 0 Å². The summed E-state index contributed by atoms with van der Waals surface area (Å²) in [7, 11) is 0. The monoisotopic (exact) mass is 446 g/mol. The Morgan fingerprint density at radius 2 is 1.27 bits per heavy atom. The first-order valence-electron chi connectivity index (χ1n) is 10.8. The van der Waals surface area contributed by atoms with Crippen molar-refractivity contribution in [1.29, 1.82) is 0 Å². The Bertz CT molecular complexity index is 1640. The lowest BCUT2D eigenvalue weighted by molar-refractivity contribution is 1.07. The van der Waals surface area contributed by atoms with E-state index >= 15 is 0 Å². The zero-order chi connectivity index (χ0) is 22.4. The van der Waals surface area contributed by atoms with Gasteiger partial charge >= 0.3 is 0 Å². The predicted octanol–water partition coefficient (Wildman–Crippen LogP) is 7.26. The van der Waals surface area contributed by atoms with Crippen molar-refractivity contribution in [3.05, 3.63) is 108 Å². The van der Waals surface area contributed by atoms with E-state index < -0.39 is 0 Å². The van der Waals surface area contributed by atoms with Crippen LogP contribution in [-0.4, -0.2) is 19.5 Å². The number of nitrogens with zero attached hydrogens (tertiary/aromatic N) is 4. The maximum atomic E-state index is 6.31. The van der Waals surface area contributed by atoms with E-state index in [2.05, 4.69) is 88.2 Å². The second kappa shape index (κ2) is 7.84. The average Bonchev–Trinajstić information content (AvgIpc) is 3.18. The lowest BCUT2D eigenvalue weighted by Gasteiger charge is -2.11. The Morgan fingerprint density at radius 1 is 0.606 bits per heavy atom. The van der Waals surface area contributed by atoms with Gasteiger partial charge in [-0.3, -0.25) is 0 Å². The van der Waals surface area contributed by atoms with Gasteiger partial charge in [-0.15, -0.1) is 0 Å². The minimum Gasteiger partial charge on any atom is -0.309 e. The number of halogens is 1. The SMILES string of the molecule is Cc1ccccc1-n1c2ccccc2c2ccc(-c3nc(Cl)nc(-c4ccccc4)n3)cc21. The van der Waals surface area contributed by atoms with Gasteiger partial charge in [-0.25, -0.2) is 4.98 Å². The van der Waals surface area contributed by atoms with Gasteiger partial charge in [0.05, 0.1) is 11.0 Å². The molecule has 4 aromatic carbocycles. The van der Waals surface area contributed by atoms with Crippen LogP contribution in [0.5, 0.6) is 0 Å². The Labute approximate surface area is 196 Å². The van der Waals surface area contributed by atoms with Gasteiger partial charge in [0, 0.05) is 27.6 Å². The van der Waals surface area contributed by atoms with Gasteiger partial charge < -0.3 is 4.57 Å². The first-order chi connectivity index (χ1) is 16.2. The third-order valence-corrected chi connectivity index (χ3v) is 6.10. The summed E-state index contributed by atoms with van der Waals surface area (Å²) in [5.41, 5.74) is 6.41. The number of benzene rings is 4. The number of hydrogen-bond acceptors (Lipinski definition) is 3. The zero-order valence-corrected chi connectivity index (χ0v) is 18.7. The number of fused-ring (bicyclic) bond motifs is 3. The Morgan fingerprint density at radius 3 is 2.09 bits per heavy atom. The molecule has 0 aliphatic heterocycles. The molecule has 0 bridgehead atoms. The summed E-state index contributed by atoms with van der Waals surface area (Å²) in [4.78, 5) is 13.5. The van der Waals surface area contributed by atoms with Crippen molar-refractivity contribution in [2.24, 2.45) is 0 Å². The van der Waals surface area contributed by atoms with Crippen molar-refractivity contribution in [3.63, 3.8) is 0 Å². The third-order valence-electron chi connectivity index (χ3n) is 5.93. The first-order valence-corrected chi connectivity index (χ1v) is 11.1. The zero-order valence-electron chi connectivity index (χ0n) is 17.9. The second-order valence-corrected chi connectivity index (χ2v) is 8.33. The fraction of sp³-hybridized carbons (Fsp3) is 0.0357. The largest absolute Gasteiger partial charge is 0.309 e. The van der Waals surface area contributed by atoms with Gasteiger partial charge in [0.25, 0.3) is 0 Å². The van der Waals surface area contributed by atoms with Gasteiger partial charge in [-0.1, -0.05) is 78.9 Å². The molecule has 0 radical (unpaired) electrons. The van der Waals surface area contributed by atoms with E-state index in [9.17, 15) is 0 Å². The number of para-hydroxylation sites is 2. The molecule has 2 heterocycles. The van der Waals surface area contributed by atoms with Crippen LogP contribution in [0.3, 0.4) is 0 Å². The molecule has 0 unspecified atom stereocenters. The van der Waals surface area contributed by atoms with Crippen molar-refractivity contribution in [1.82, 2.24) is 19.5 Å². The van der Waals surface area contributed by atoms with E-state index in [-0.39, 0.29) is 5.28 Å². The summed E-state index contributed by atoms with van der Waals surface area (Å²) in [6.45, 7) is 2.14. The van der Waals surface area contributed by atoms with E-state index in [4.69, 9.17) is 16.6 Å². The molecule has 0 amide bonds. The summed E-state index contributed by atoms with van der Waals surface area (Å²) in [6, 6.07) is 33.1. The van der Waals surface area contributed by atoms with Crippen LogP contribution < -0.4 is 0 Å².